The number of nitrogens with one attached hydrogen (secondary N) is 1. The molecular formula is C25H22N2O3. The van der Waals surface area contributed by atoms with Gasteiger partial charge in [0.05, 0.1) is 16.8 Å². The van der Waals surface area contributed by atoms with Gasteiger partial charge in [-0.3, -0.25) is 14.4 Å². The topological polar surface area (TPSA) is 66.5 Å². The average molecular weight is 398 g/mol. The van der Waals surface area contributed by atoms with Crippen molar-refractivity contribution in [2.24, 2.45) is 0 Å². The summed E-state index contributed by atoms with van der Waals surface area (Å²) in [5, 5.41) is 2.87. The van der Waals surface area contributed by atoms with E-state index in [0.29, 0.717) is 28.1 Å². The van der Waals surface area contributed by atoms with Crippen LogP contribution in [0.15, 0.2) is 72.8 Å². The molecular weight excluding hydrogens is 376 g/mol. The van der Waals surface area contributed by atoms with E-state index in [1.807, 2.05) is 24.3 Å². The molecule has 30 heavy (non-hydrogen) atoms. The highest BCUT2D eigenvalue weighted by Crippen LogP contribution is 2.29. The smallest absolute Gasteiger partial charge is 0.266 e. The summed E-state index contributed by atoms with van der Waals surface area (Å²) >= 11 is 0. The van der Waals surface area contributed by atoms with E-state index in [2.05, 4.69) is 12.2 Å². The van der Waals surface area contributed by atoms with E-state index >= 15 is 0 Å². The van der Waals surface area contributed by atoms with Crippen LogP contribution in [0.2, 0.25) is 0 Å². The Labute approximate surface area is 175 Å². The molecule has 0 bridgehead atoms. The molecule has 0 aliphatic carbocycles. The van der Waals surface area contributed by atoms with Gasteiger partial charge in [0.1, 0.15) is 0 Å². The maximum absolute atomic E-state index is 12.7. The maximum atomic E-state index is 12.7. The number of benzene rings is 3. The SMILES string of the molecule is CCCCc1ccc(NC(=O)c2cccc(N3C(=O)c4ccccc4C3=O)c2)cc1. The molecule has 1 aliphatic rings. The lowest BCUT2D eigenvalue weighted by molar-refractivity contribution is 0.0924. The molecule has 0 radical (unpaired) electrons. The number of amides is 3. The van der Waals surface area contributed by atoms with E-state index in [9.17, 15) is 14.4 Å². The van der Waals surface area contributed by atoms with E-state index < -0.39 is 0 Å². The number of hydrogen-bond acceptors (Lipinski definition) is 3. The number of imide groups is 1. The zero-order valence-corrected chi connectivity index (χ0v) is 16.7. The molecule has 0 fully saturated rings. The molecule has 0 aromatic heterocycles. The summed E-state index contributed by atoms with van der Waals surface area (Å²) in [5.74, 6) is -1.05. The van der Waals surface area contributed by atoms with Crippen LogP contribution in [0.1, 0.15) is 56.4 Å². The highest BCUT2D eigenvalue weighted by molar-refractivity contribution is 6.34. The van der Waals surface area contributed by atoms with E-state index in [1.165, 1.54) is 5.56 Å². The number of aryl methyl sites for hydroxylation is 1. The van der Waals surface area contributed by atoms with Crippen LogP contribution in [0.5, 0.6) is 0 Å². The van der Waals surface area contributed by atoms with Crippen molar-refractivity contribution in [1.29, 1.82) is 0 Å². The average Bonchev–Trinajstić information content (AvgIpc) is 3.03. The van der Waals surface area contributed by atoms with E-state index in [1.54, 1.807) is 48.5 Å². The molecule has 0 unspecified atom stereocenters. The molecule has 1 heterocycles. The number of carbonyl (C=O) groups excluding carboxylic acids is 3. The Balaban J connectivity index is 1.52. The third kappa shape index (κ3) is 3.74. The lowest BCUT2D eigenvalue weighted by atomic mass is 10.1. The Kier molecular flexibility index (Phi) is 5.44. The Bertz CT molecular complexity index is 1080. The summed E-state index contributed by atoms with van der Waals surface area (Å²) in [6.45, 7) is 2.16. The molecule has 5 nitrogen and oxygen atoms in total. The first-order valence-corrected chi connectivity index (χ1v) is 10.1. The number of fused-ring (bicyclic) bond motifs is 1. The zero-order chi connectivity index (χ0) is 21.1. The molecule has 5 heteroatoms. The number of nitrogens with zero attached hydrogens (tertiary/aromatic N) is 1. The zero-order valence-electron chi connectivity index (χ0n) is 16.7. The van der Waals surface area contributed by atoms with Gasteiger partial charge in [0, 0.05) is 11.3 Å². The van der Waals surface area contributed by atoms with Crippen LogP contribution in [-0.4, -0.2) is 17.7 Å². The second-order valence-corrected chi connectivity index (χ2v) is 7.30. The molecule has 0 atom stereocenters. The number of rotatable bonds is 6. The number of unbranched alkanes of at least 4 members (excludes halogenated alkanes) is 1. The monoisotopic (exact) mass is 398 g/mol. The summed E-state index contributed by atoms with van der Waals surface area (Å²) in [6, 6.07) is 21.1. The van der Waals surface area contributed by atoms with E-state index in [4.69, 9.17) is 0 Å². The Morgan fingerprint density at radius 3 is 2.17 bits per heavy atom. The summed E-state index contributed by atoms with van der Waals surface area (Å²) in [7, 11) is 0. The van der Waals surface area contributed by atoms with Gasteiger partial charge in [-0.15, -0.1) is 0 Å². The predicted molar refractivity (Wildman–Crippen MR) is 117 cm³/mol. The van der Waals surface area contributed by atoms with Gasteiger partial charge in [-0.05, 0) is 60.9 Å². The molecule has 0 saturated carbocycles. The first kappa shape index (κ1) is 19.6. The van der Waals surface area contributed by atoms with E-state index in [-0.39, 0.29) is 17.7 Å². The first-order valence-electron chi connectivity index (χ1n) is 10.1. The second-order valence-electron chi connectivity index (χ2n) is 7.30. The van der Waals surface area contributed by atoms with Crippen molar-refractivity contribution in [3.8, 4) is 0 Å². The summed E-state index contributed by atoms with van der Waals surface area (Å²) in [5.41, 5.74) is 3.44. The molecule has 1 N–H and O–H groups in total. The summed E-state index contributed by atoms with van der Waals surface area (Å²) < 4.78 is 0. The van der Waals surface area contributed by atoms with Crippen LogP contribution in [0.3, 0.4) is 0 Å². The lowest BCUT2D eigenvalue weighted by Gasteiger charge is -2.15. The molecule has 3 aromatic rings. The van der Waals surface area contributed by atoms with Crippen molar-refractivity contribution in [3.63, 3.8) is 0 Å². The second kappa shape index (κ2) is 8.33. The minimum Gasteiger partial charge on any atom is -0.322 e. The Morgan fingerprint density at radius 1 is 0.867 bits per heavy atom. The quantitative estimate of drug-likeness (QED) is 0.589. The van der Waals surface area contributed by atoms with Crippen LogP contribution in [0.4, 0.5) is 11.4 Å². The minimum atomic E-state index is -0.379. The van der Waals surface area contributed by atoms with Crippen molar-refractivity contribution in [2.75, 3.05) is 10.2 Å². The lowest BCUT2D eigenvalue weighted by Crippen LogP contribution is -2.29. The highest BCUT2D eigenvalue weighted by atomic mass is 16.2. The van der Waals surface area contributed by atoms with Crippen molar-refractivity contribution < 1.29 is 14.4 Å². The molecule has 1 aliphatic heterocycles. The van der Waals surface area contributed by atoms with Gasteiger partial charge in [0.25, 0.3) is 17.7 Å². The van der Waals surface area contributed by atoms with Gasteiger partial charge in [-0.2, -0.15) is 0 Å². The third-order valence-electron chi connectivity index (χ3n) is 5.19. The molecule has 3 aromatic carbocycles. The van der Waals surface area contributed by atoms with Crippen molar-refractivity contribution in [2.45, 2.75) is 26.2 Å². The first-order chi connectivity index (χ1) is 14.6. The summed E-state index contributed by atoms with van der Waals surface area (Å²) in [6.07, 6.45) is 3.30. The van der Waals surface area contributed by atoms with Gasteiger partial charge in [0.2, 0.25) is 0 Å². The Morgan fingerprint density at radius 2 is 1.53 bits per heavy atom. The molecule has 4 rings (SSSR count). The van der Waals surface area contributed by atoms with Crippen LogP contribution in [0, 0.1) is 0 Å². The van der Waals surface area contributed by atoms with Gasteiger partial charge < -0.3 is 5.32 Å². The number of hydrogen-bond donors (Lipinski definition) is 1. The standard InChI is InChI=1S/C25H22N2O3/c1-2-3-7-17-12-14-19(15-13-17)26-23(28)18-8-6-9-20(16-18)27-24(29)21-10-4-5-11-22(21)25(27)30/h4-6,8-16H,2-3,7H2,1H3,(H,26,28). The Hall–Kier alpha value is -3.73. The normalized spacial score (nSPS) is 12.8. The number of carbonyl (C=O) groups is 3. The molecule has 0 spiro atoms. The van der Waals surface area contributed by atoms with Gasteiger partial charge in [-0.25, -0.2) is 4.90 Å². The van der Waals surface area contributed by atoms with Crippen LogP contribution in [0.25, 0.3) is 0 Å². The van der Waals surface area contributed by atoms with Gasteiger partial charge >= 0.3 is 0 Å². The number of anilines is 2. The fourth-order valence-corrected chi connectivity index (χ4v) is 3.55. The van der Waals surface area contributed by atoms with Gasteiger partial charge in [0.15, 0.2) is 0 Å². The van der Waals surface area contributed by atoms with E-state index in [0.717, 1.165) is 24.2 Å². The maximum Gasteiger partial charge on any atom is 0.266 e. The molecule has 3 amide bonds. The third-order valence-corrected chi connectivity index (χ3v) is 5.19. The van der Waals surface area contributed by atoms with Crippen molar-refractivity contribution in [3.05, 3.63) is 95.1 Å². The molecule has 0 saturated heterocycles. The fourth-order valence-electron chi connectivity index (χ4n) is 3.55. The largest absolute Gasteiger partial charge is 0.322 e. The highest BCUT2D eigenvalue weighted by Gasteiger charge is 2.36. The van der Waals surface area contributed by atoms with Crippen molar-refractivity contribution in [1.82, 2.24) is 0 Å². The predicted octanol–water partition coefficient (Wildman–Crippen LogP) is 5.08. The van der Waals surface area contributed by atoms with Crippen LogP contribution >= 0.6 is 0 Å². The van der Waals surface area contributed by atoms with Crippen LogP contribution in [-0.2, 0) is 6.42 Å². The molecule has 150 valence electrons. The van der Waals surface area contributed by atoms with Gasteiger partial charge in [-0.1, -0.05) is 43.7 Å². The fraction of sp³-hybridized carbons (Fsp3) is 0.160. The van der Waals surface area contributed by atoms with Crippen molar-refractivity contribution >= 4 is 29.1 Å². The summed E-state index contributed by atoms with van der Waals surface area (Å²) in [4.78, 5) is 39.2. The minimum absolute atomic E-state index is 0.297. The van der Waals surface area contributed by atoms with Crippen LogP contribution < -0.4 is 10.2 Å².